The zero-order valence-corrected chi connectivity index (χ0v) is 18.9. The van der Waals surface area contributed by atoms with Crippen molar-refractivity contribution in [2.75, 3.05) is 31.6 Å². The van der Waals surface area contributed by atoms with Crippen LogP contribution in [0.3, 0.4) is 0 Å². The smallest absolute Gasteiger partial charge is 0.234 e. The second-order valence-electron chi connectivity index (χ2n) is 7.92. The van der Waals surface area contributed by atoms with Crippen LogP contribution in [0.1, 0.15) is 22.7 Å². The van der Waals surface area contributed by atoms with Gasteiger partial charge in [0.15, 0.2) is 0 Å². The van der Waals surface area contributed by atoms with E-state index in [9.17, 15) is 4.79 Å². The molecule has 0 aromatic carbocycles. The standard InChI is InChI=1S/C22H27N7OS/c1-15-21(31-16(2)25-15)19-6-9-24-22(27-19)29-10-7-18(13-29)26-20(30)14-28(3)12-17-5-4-8-23-11-17/h4-6,8-9,11,18H,7,10,12-14H2,1-3H3,(H,26,30). The first kappa shape index (κ1) is 21.3. The van der Waals surface area contributed by atoms with Crippen LogP contribution < -0.4 is 10.2 Å². The number of hydrogen-bond donors (Lipinski definition) is 1. The van der Waals surface area contributed by atoms with Crippen molar-refractivity contribution in [3.05, 3.63) is 53.1 Å². The van der Waals surface area contributed by atoms with Gasteiger partial charge in [0.2, 0.25) is 11.9 Å². The number of rotatable bonds is 7. The molecule has 1 aliphatic rings. The van der Waals surface area contributed by atoms with Crippen LogP contribution in [0.2, 0.25) is 0 Å². The van der Waals surface area contributed by atoms with Gasteiger partial charge in [-0.25, -0.2) is 15.0 Å². The molecule has 1 aliphatic heterocycles. The number of aromatic nitrogens is 4. The van der Waals surface area contributed by atoms with E-state index in [-0.39, 0.29) is 11.9 Å². The number of hydrogen-bond acceptors (Lipinski definition) is 8. The third kappa shape index (κ3) is 5.42. The first-order valence-electron chi connectivity index (χ1n) is 10.4. The zero-order valence-electron chi connectivity index (χ0n) is 18.1. The number of pyridine rings is 1. The maximum Gasteiger partial charge on any atom is 0.234 e. The third-order valence-corrected chi connectivity index (χ3v) is 6.30. The van der Waals surface area contributed by atoms with E-state index < -0.39 is 0 Å². The van der Waals surface area contributed by atoms with Crippen molar-refractivity contribution in [1.82, 2.24) is 30.2 Å². The number of thiazole rings is 1. The van der Waals surface area contributed by atoms with E-state index in [4.69, 9.17) is 4.98 Å². The van der Waals surface area contributed by atoms with Crippen molar-refractivity contribution in [3.8, 4) is 10.6 Å². The fourth-order valence-electron chi connectivity index (χ4n) is 3.83. The SMILES string of the molecule is Cc1nc(C)c(-c2ccnc(N3CCC(NC(=O)CN(C)Cc4cccnc4)C3)n2)s1. The van der Waals surface area contributed by atoms with Gasteiger partial charge in [-0.15, -0.1) is 11.3 Å². The molecule has 1 N–H and O–H groups in total. The molecule has 4 rings (SSSR count). The van der Waals surface area contributed by atoms with Gasteiger partial charge in [0.1, 0.15) is 0 Å². The number of carbonyl (C=O) groups is 1. The fourth-order valence-corrected chi connectivity index (χ4v) is 4.72. The molecule has 31 heavy (non-hydrogen) atoms. The Balaban J connectivity index is 1.32. The lowest BCUT2D eigenvalue weighted by Crippen LogP contribution is -2.42. The summed E-state index contributed by atoms with van der Waals surface area (Å²) >= 11 is 1.65. The summed E-state index contributed by atoms with van der Waals surface area (Å²) in [5.41, 5.74) is 2.99. The van der Waals surface area contributed by atoms with E-state index in [2.05, 4.69) is 25.2 Å². The van der Waals surface area contributed by atoms with Gasteiger partial charge in [-0.1, -0.05) is 6.07 Å². The van der Waals surface area contributed by atoms with E-state index >= 15 is 0 Å². The molecule has 8 nitrogen and oxygen atoms in total. The fraction of sp³-hybridized carbons (Fsp3) is 0.409. The van der Waals surface area contributed by atoms with E-state index in [0.717, 1.165) is 39.8 Å². The summed E-state index contributed by atoms with van der Waals surface area (Å²) in [7, 11) is 1.94. The molecule has 0 bridgehead atoms. The number of likely N-dealkylation sites (N-methyl/N-ethyl adjacent to an activating group) is 1. The molecule has 1 unspecified atom stereocenters. The minimum Gasteiger partial charge on any atom is -0.350 e. The summed E-state index contributed by atoms with van der Waals surface area (Å²) in [6.45, 7) is 6.58. The van der Waals surface area contributed by atoms with Gasteiger partial charge in [-0.3, -0.25) is 14.7 Å². The summed E-state index contributed by atoms with van der Waals surface area (Å²) in [6.07, 6.45) is 6.25. The molecular weight excluding hydrogens is 410 g/mol. The molecule has 0 spiro atoms. The Hall–Kier alpha value is -2.91. The first-order valence-corrected chi connectivity index (χ1v) is 11.2. The molecule has 0 aliphatic carbocycles. The predicted octanol–water partition coefficient (Wildman–Crippen LogP) is 2.44. The largest absolute Gasteiger partial charge is 0.350 e. The Morgan fingerprint density at radius 2 is 2.16 bits per heavy atom. The summed E-state index contributed by atoms with van der Waals surface area (Å²) in [5.74, 6) is 0.733. The first-order chi connectivity index (χ1) is 15.0. The van der Waals surface area contributed by atoms with Gasteiger partial charge in [-0.2, -0.15) is 0 Å². The molecular formula is C22H27N7OS. The maximum atomic E-state index is 12.5. The highest BCUT2D eigenvalue weighted by Gasteiger charge is 2.26. The van der Waals surface area contributed by atoms with E-state index in [1.165, 1.54) is 0 Å². The van der Waals surface area contributed by atoms with Gasteiger partial charge in [-0.05, 0) is 45.0 Å². The molecule has 162 valence electrons. The van der Waals surface area contributed by atoms with Gasteiger partial charge < -0.3 is 10.2 Å². The Bertz CT molecular complexity index is 1040. The van der Waals surface area contributed by atoms with Crippen molar-refractivity contribution in [2.24, 2.45) is 0 Å². The van der Waals surface area contributed by atoms with Crippen molar-refractivity contribution in [2.45, 2.75) is 32.9 Å². The molecule has 9 heteroatoms. The Kier molecular flexibility index (Phi) is 6.53. The highest BCUT2D eigenvalue weighted by atomic mass is 32.1. The van der Waals surface area contributed by atoms with Crippen LogP contribution in [0.25, 0.3) is 10.6 Å². The number of nitrogens with one attached hydrogen (secondary N) is 1. The van der Waals surface area contributed by atoms with Crippen LogP contribution in [-0.2, 0) is 11.3 Å². The minimum absolute atomic E-state index is 0.0312. The van der Waals surface area contributed by atoms with Gasteiger partial charge in [0.05, 0.1) is 27.8 Å². The number of carbonyl (C=O) groups excluding carboxylic acids is 1. The Labute approximate surface area is 186 Å². The van der Waals surface area contributed by atoms with E-state index in [1.807, 2.05) is 50.2 Å². The van der Waals surface area contributed by atoms with Gasteiger partial charge >= 0.3 is 0 Å². The number of amides is 1. The Morgan fingerprint density at radius 1 is 1.29 bits per heavy atom. The molecule has 3 aromatic heterocycles. The lowest BCUT2D eigenvalue weighted by Gasteiger charge is -2.19. The van der Waals surface area contributed by atoms with E-state index in [0.29, 0.717) is 25.6 Å². The molecule has 1 atom stereocenters. The highest BCUT2D eigenvalue weighted by Crippen LogP contribution is 2.29. The molecule has 3 aromatic rings. The zero-order chi connectivity index (χ0) is 21.8. The second-order valence-corrected chi connectivity index (χ2v) is 9.13. The van der Waals surface area contributed by atoms with Gasteiger partial charge in [0, 0.05) is 44.3 Å². The average molecular weight is 438 g/mol. The normalized spacial score (nSPS) is 16.1. The summed E-state index contributed by atoms with van der Waals surface area (Å²) < 4.78 is 0. The highest BCUT2D eigenvalue weighted by molar-refractivity contribution is 7.15. The molecule has 4 heterocycles. The topological polar surface area (TPSA) is 87.1 Å². The molecule has 1 fully saturated rings. The minimum atomic E-state index is 0.0312. The molecule has 1 amide bonds. The Morgan fingerprint density at radius 3 is 2.90 bits per heavy atom. The predicted molar refractivity (Wildman–Crippen MR) is 122 cm³/mol. The van der Waals surface area contributed by atoms with Crippen molar-refractivity contribution < 1.29 is 4.79 Å². The van der Waals surface area contributed by atoms with Crippen molar-refractivity contribution >= 4 is 23.2 Å². The number of anilines is 1. The van der Waals surface area contributed by atoms with Crippen LogP contribution in [-0.4, -0.2) is 63.5 Å². The lowest BCUT2D eigenvalue weighted by molar-refractivity contribution is -0.122. The summed E-state index contributed by atoms with van der Waals surface area (Å²) in [5, 5.41) is 4.19. The third-order valence-electron chi connectivity index (χ3n) is 5.20. The monoisotopic (exact) mass is 437 g/mol. The molecule has 1 saturated heterocycles. The van der Waals surface area contributed by atoms with Crippen LogP contribution in [0.4, 0.5) is 5.95 Å². The van der Waals surface area contributed by atoms with Crippen molar-refractivity contribution in [3.63, 3.8) is 0 Å². The second kappa shape index (κ2) is 9.49. The summed E-state index contributed by atoms with van der Waals surface area (Å²) in [6, 6.07) is 5.94. The maximum absolute atomic E-state index is 12.5. The quantitative estimate of drug-likeness (QED) is 0.607. The van der Waals surface area contributed by atoms with Crippen LogP contribution in [0.5, 0.6) is 0 Å². The number of nitrogens with zero attached hydrogens (tertiary/aromatic N) is 6. The van der Waals surface area contributed by atoms with E-state index in [1.54, 1.807) is 23.7 Å². The van der Waals surface area contributed by atoms with Crippen LogP contribution in [0.15, 0.2) is 36.8 Å². The lowest BCUT2D eigenvalue weighted by atomic mass is 10.2. The van der Waals surface area contributed by atoms with Gasteiger partial charge in [0.25, 0.3) is 0 Å². The van der Waals surface area contributed by atoms with Crippen LogP contribution in [0, 0.1) is 13.8 Å². The van der Waals surface area contributed by atoms with Crippen LogP contribution >= 0.6 is 11.3 Å². The molecule has 0 radical (unpaired) electrons. The number of aryl methyl sites for hydroxylation is 2. The molecule has 0 saturated carbocycles. The summed E-state index contributed by atoms with van der Waals surface area (Å²) in [4.78, 5) is 35.6. The van der Waals surface area contributed by atoms with Crippen molar-refractivity contribution in [1.29, 1.82) is 0 Å². The average Bonchev–Trinajstić information content (AvgIpc) is 3.34.